The van der Waals surface area contributed by atoms with E-state index < -0.39 is 36.0 Å². The molecule has 1 saturated heterocycles. The Morgan fingerprint density at radius 1 is 0.939 bits per heavy atom. The van der Waals surface area contributed by atoms with Crippen molar-refractivity contribution in [3.63, 3.8) is 0 Å². The zero-order valence-electron chi connectivity index (χ0n) is 29.8. The Labute approximate surface area is 288 Å². The molecule has 270 valence electrons. The fourth-order valence-corrected chi connectivity index (χ4v) is 7.31. The maximum Gasteiger partial charge on any atom is 0.315 e. The highest BCUT2D eigenvalue weighted by molar-refractivity contribution is 6.04. The second-order valence-corrected chi connectivity index (χ2v) is 13.0. The number of ketones is 1. The topological polar surface area (TPSA) is 126 Å². The van der Waals surface area contributed by atoms with Gasteiger partial charge in [0.25, 0.3) is 0 Å². The molecule has 0 spiro atoms. The molecule has 0 radical (unpaired) electrons. The zero-order chi connectivity index (χ0) is 35.2. The Balaban J connectivity index is 1.63. The van der Waals surface area contributed by atoms with Gasteiger partial charge in [-0.1, -0.05) is 27.2 Å². The zero-order valence-corrected chi connectivity index (χ0v) is 29.8. The average molecular weight is 687 g/mol. The third-order valence-corrected chi connectivity index (χ3v) is 9.79. The molecule has 5 rings (SSSR count). The first-order valence-corrected chi connectivity index (χ1v) is 17.0. The number of hydrogen-bond donors (Lipinski definition) is 0. The SMILES string of the molecule is CCOCCO[C@H](c1cc(OC)c(OC)c(OC)c1)[C@H]1C(=O)O[C@@H](OC2CC(C)CCC2C(C)C)[C@@H]1C(=O)c1ccc2c(c1OC)OCO2. The number of carbonyl (C=O) groups excluding carboxylic acids is 2. The minimum absolute atomic E-state index is 0.00391. The number of methoxy groups -OCH3 is 4. The lowest BCUT2D eigenvalue weighted by molar-refractivity contribution is -0.192. The monoisotopic (exact) mass is 686 g/mol. The molecule has 12 nitrogen and oxygen atoms in total. The summed E-state index contributed by atoms with van der Waals surface area (Å²) < 4.78 is 58.7. The Hall–Kier alpha value is -3.74. The van der Waals surface area contributed by atoms with Crippen LogP contribution in [0.1, 0.15) is 69.0 Å². The minimum Gasteiger partial charge on any atom is -0.493 e. The molecule has 7 atom stereocenters. The number of rotatable bonds is 16. The molecule has 0 amide bonds. The predicted molar refractivity (Wildman–Crippen MR) is 178 cm³/mol. The lowest BCUT2D eigenvalue weighted by atomic mass is 9.75. The largest absolute Gasteiger partial charge is 0.493 e. The van der Waals surface area contributed by atoms with Gasteiger partial charge in [-0.15, -0.1) is 0 Å². The maximum absolute atomic E-state index is 14.9. The van der Waals surface area contributed by atoms with E-state index >= 15 is 0 Å². The molecule has 2 fully saturated rings. The van der Waals surface area contributed by atoms with E-state index in [0.29, 0.717) is 52.8 Å². The van der Waals surface area contributed by atoms with E-state index in [1.54, 1.807) is 24.3 Å². The molecule has 0 N–H and O–H groups in total. The summed E-state index contributed by atoms with van der Waals surface area (Å²) >= 11 is 0. The van der Waals surface area contributed by atoms with E-state index in [-0.39, 0.29) is 43.3 Å². The third kappa shape index (κ3) is 7.56. The van der Waals surface area contributed by atoms with Gasteiger partial charge in [0.1, 0.15) is 11.8 Å². The van der Waals surface area contributed by atoms with E-state index in [1.165, 1.54) is 28.4 Å². The van der Waals surface area contributed by atoms with Crippen LogP contribution in [0.2, 0.25) is 0 Å². The summed E-state index contributed by atoms with van der Waals surface area (Å²) in [6, 6.07) is 6.71. The summed E-state index contributed by atoms with van der Waals surface area (Å²) in [7, 11) is 5.99. The Bertz CT molecular complexity index is 1430. The maximum atomic E-state index is 14.9. The minimum atomic E-state index is -1.18. The molecule has 2 aromatic carbocycles. The van der Waals surface area contributed by atoms with Crippen molar-refractivity contribution in [1.29, 1.82) is 0 Å². The molecule has 3 aliphatic rings. The molecule has 0 aromatic heterocycles. The number of benzene rings is 2. The Morgan fingerprint density at radius 2 is 1.65 bits per heavy atom. The quantitative estimate of drug-likeness (QED) is 0.116. The molecular formula is C37H50O12. The van der Waals surface area contributed by atoms with Gasteiger partial charge in [0.15, 0.2) is 28.8 Å². The molecule has 1 aliphatic carbocycles. The van der Waals surface area contributed by atoms with Gasteiger partial charge < -0.3 is 47.4 Å². The number of ether oxygens (including phenoxy) is 10. The highest BCUT2D eigenvalue weighted by Gasteiger charge is 2.56. The van der Waals surface area contributed by atoms with Crippen LogP contribution in [-0.2, 0) is 23.7 Å². The third-order valence-electron chi connectivity index (χ3n) is 9.79. The normalized spacial score (nSPS) is 25.2. The highest BCUT2D eigenvalue weighted by atomic mass is 16.7. The summed E-state index contributed by atoms with van der Waals surface area (Å²) in [5.41, 5.74) is 0.736. The van der Waals surface area contributed by atoms with Crippen molar-refractivity contribution in [2.45, 2.75) is 65.5 Å². The summed E-state index contributed by atoms with van der Waals surface area (Å²) in [5, 5.41) is 0. The van der Waals surface area contributed by atoms with Crippen molar-refractivity contribution < 1.29 is 57.0 Å². The smallest absolute Gasteiger partial charge is 0.315 e. The number of carbonyl (C=O) groups is 2. The van der Waals surface area contributed by atoms with Crippen LogP contribution in [-0.4, -0.2) is 79.2 Å². The fourth-order valence-electron chi connectivity index (χ4n) is 7.31. The van der Waals surface area contributed by atoms with Crippen LogP contribution in [0.5, 0.6) is 34.5 Å². The van der Waals surface area contributed by atoms with Crippen molar-refractivity contribution in [3.8, 4) is 34.5 Å². The van der Waals surface area contributed by atoms with Crippen molar-refractivity contribution in [1.82, 2.24) is 0 Å². The first-order valence-electron chi connectivity index (χ1n) is 17.0. The average Bonchev–Trinajstić information content (AvgIpc) is 3.70. The van der Waals surface area contributed by atoms with Crippen molar-refractivity contribution in [2.24, 2.45) is 29.6 Å². The van der Waals surface area contributed by atoms with Crippen LogP contribution in [0.4, 0.5) is 0 Å². The second-order valence-electron chi connectivity index (χ2n) is 13.0. The van der Waals surface area contributed by atoms with Gasteiger partial charge >= 0.3 is 5.97 Å². The van der Waals surface area contributed by atoms with Crippen LogP contribution < -0.4 is 28.4 Å². The van der Waals surface area contributed by atoms with Crippen LogP contribution >= 0.6 is 0 Å². The van der Waals surface area contributed by atoms with Crippen molar-refractivity contribution >= 4 is 11.8 Å². The van der Waals surface area contributed by atoms with Crippen LogP contribution in [0.15, 0.2) is 24.3 Å². The second kappa shape index (κ2) is 16.3. The van der Waals surface area contributed by atoms with Gasteiger partial charge in [0.05, 0.1) is 59.4 Å². The van der Waals surface area contributed by atoms with E-state index in [9.17, 15) is 9.59 Å². The number of hydrogen-bond acceptors (Lipinski definition) is 12. The van der Waals surface area contributed by atoms with E-state index in [2.05, 4.69) is 20.8 Å². The lowest BCUT2D eigenvalue weighted by Crippen LogP contribution is -2.41. The molecule has 0 bridgehead atoms. The van der Waals surface area contributed by atoms with Crippen LogP contribution in [0.3, 0.4) is 0 Å². The lowest BCUT2D eigenvalue weighted by Gasteiger charge is -2.39. The number of Topliss-reactive ketones (excluding diaryl/α,β-unsaturated/α-hetero) is 1. The van der Waals surface area contributed by atoms with Gasteiger partial charge in [-0.05, 0) is 67.3 Å². The molecule has 2 aromatic rings. The Morgan fingerprint density at radius 3 is 2.29 bits per heavy atom. The molecule has 1 saturated carbocycles. The van der Waals surface area contributed by atoms with E-state index in [1.807, 2.05) is 6.92 Å². The molecule has 3 unspecified atom stereocenters. The summed E-state index contributed by atoms with van der Waals surface area (Å²) in [6.45, 7) is 9.32. The molecule has 2 aliphatic heterocycles. The standard InChI is InChI=1S/C37H50O12/c1-9-44-14-15-45-32(22-17-27(40-5)34(43-8)28(18-22)41-6)30-29(31(38)24-12-13-25-35(33(24)42-7)47-19-46-25)37(49-36(30)39)48-26-16-21(4)10-11-23(26)20(2)3/h12-13,17-18,20-21,23,26,29-30,32,37H,9-11,14-16,19H2,1-8H3/t21?,23?,26?,29-,30-,32+,37+/m0/s1. The molecule has 2 heterocycles. The van der Waals surface area contributed by atoms with Gasteiger partial charge in [0, 0.05) is 6.61 Å². The summed E-state index contributed by atoms with van der Waals surface area (Å²) in [5.74, 6) is -0.189. The number of fused-ring (bicyclic) bond motifs is 1. The van der Waals surface area contributed by atoms with E-state index in [4.69, 9.17) is 47.4 Å². The van der Waals surface area contributed by atoms with Crippen molar-refractivity contribution in [2.75, 3.05) is 55.1 Å². The molecular weight excluding hydrogens is 636 g/mol. The first-order chi connectivity index (χ1) is 23.7. The van der Waals surface area contributed by atoms with Crippen molar-refractivity contribution in [3.05, 3.63) is 35.4 Å². The molecule has 49 heavy (non-hydrogen) atoms. The van der Waals surface area contributed by atoms with Crippen LogP contribution in [0.25, 0.3) is 0 Å². The summed E-state index contributed by atoms with van der Waals surface area (Å²) in [4.78, 5) is 29.1. The fraction of sp³-hybridized carbons (Fsp3) is 0.622. The van der Waals surface area contributed by atoms with E-state index in [0.717, 1.165) is 19.3 Å². The van der Waals surface area contributed by atoms with Gasteiger partial charge in [-0.2, -0.15) is 0 Å². The Kier molecular flexibility index (Phi) is 12.2. The predicted octanol–water partition coefficient (Wildman–Crippen LogP) is 6.02. The van der Waals surface area contributed by atoms with Gasteiger partial charge in [0.2, 0.25) is 24.6 Å². The highest BCUT2D eigenvalue weighted by Crippen LogP contribution is 2.50. The van der Waals surface area contributed by atoms with Gasteiger partial charge in [-0.3, -0.25) is 9.59 Å². The summed E-state index contributed by atoms with van der Waals surface area (Å²) in [6.07, 6.45) is 0.469. The first kappa shape index (κ1) is 36.5. The number of esters is 1. The van der Waals surface area contributed by atoms with Gasteiger partial charge in [-0.25, -0.2) is 0 Å². The number of cyclic esters (lactones) is 1. The molecule has 12 heteroatoms. The van der Waals surface area contributed by atoms with Crippen LogP contribution in [0, 0.1) is 29.6 Å².